The van der Waals surface area contributed by atoms with Crippen LogP contribution in [0.3, 0.4) is 0 Å². The Morgan fingerprint density at radius 2 is 1.72 bits per heavy atom. The van der Waals surface area contributed by atoms with Crippen molar-refractivity contribution < 1.29 is 19.1 Å². The van der Waals surface area contributed by atoms with Crippen molar-refractivity contribution in [2.45, 2.75) is 26.4 Å². The third-order valence-electron chi connectivity index (χ3n) is 3.68. The molecule has 0 bridgehead atoms. The third-order valence-corrected chi connectivity index (χ3v) is 3.68. The molecule has 2 rings (SSSR count). The second-order valence-electron chi connectivity index (χ2n) is 6.94. The minimum Gasteiger partial charge on any atom is -0.444 e. The summed E-state index contributed by atoms with van der Waals surface area (Å²) in [5, 5.41) is 2.74. The van der Waals surface area contributed by atoms with Gasteiger partial charge in [-0.25, -0.2) is 9.59 Å². The van der Waals surface area contributed by atoms with Gasteiger partial charge < -0.3 is 19.7 Å². The van der Waals surface area contributed by atoms with Crippen molar-refractivity contribution in [1.29, 1.82) is 0 Å². The maximum absolute atomic E-state index is 12.0. The van der Waals surface area contributed by atoms with Gasteiger partial charge in [-0.1, -0.05) is 18.2 Å². The van der Waals surface area contributed by atoms with Crippen LogP contribution in [-0.4, -0.2) is 66.9 Å². The summed E-state index contributed by atoms with van der Waals surface area (Å²) < 4.78 is 10.5. The number of nitrogens with one attached hydrogen (secondary N) is 1. The highest BCUT2D eigenvalue weighted by Gasteiger charge is 2.25. The van der Waals surface area contributed by atoms with Crippen LogP contribution in [-0.2, 0) is 4.74 Å². The first-order valence-electron chi connectivity index (χ1n) is 8.54. The number of nitrogens with zero attached hydrogens (tertiary/aromatic N) is 2. The maximum Gasteiger partial charge on any atom is 0.412 e. The summed E-state index contributed by atoms with van der Waals surface area (Å²) in [6.45, 7) is 9.57. The zero-order valence-electron chi connectivity index (χ0n) is 15.2. The lowest BCUT2D eigenvalue weighted by Crippen LogP contribution is -2.51. The van der Waals surface area contributed by atoms with Gasteiger partial charge in [-0.15, -0.1) is 0 Å². The Balaban J connectivity index is 1.62. The van der Waals surface area contributed by atoms with Crippen molar-refractivity contribution in [3.63, 3.8) is 0 Å². The molecular weight excluding hydrogens is 322 g/mol. The van der Waals surface area contributed by atoms with Gasteiger partial charge in [0.05, 0.1) is 0 Å². The highest BCUT2D eigenvalue weighted by Crippen LogP contribution is 2.12. The molecule has 2 amide bonds. The van der Waals surface area contributed by atoms with E-state index in [1.54, 1.807) is 17.0 Å². The lowest BCUT2D eigenvalue weighted by molar-refractivity contribution is 0.0147. The van der Waals surface area contributed by atoms with Crippen molar-refractivity contribution in [3.05, 3.63) is 30.3 Å². The number of para-hydroxylation sites is 1. The van der Waals surface area contributed by atoms with E-state index >= 15 is 0 Å². The molecule has 1 saturated heterocycles. The van der Waals surface area contributed by atoms with Crippen molar-refractivity contribution in [2.24, 2.45) is 0 Å². The van der Waals surface area contributed by atoms with E-state index in [1.807, 2.05) is 39.0 Å². The van der Waals surface area contributed by atoms with Gasteiger partial charge in [0, 0.05) is 39.3 Å². The summed E-state index contributed by atoms with van der Waals surface area (Å²) in [5.41, 5.74) is -0.475. The first kappa shape index (κ1) is 19.1. The summed E-state index contributed by atoms with van der Waals surface area (Å²) in [5.74, 6) is 0.519. The van der Waals surface area contributed by atoms with Crippen LogP contribution < -0.4 is 10.1 Å². The number of rotatable bonds is 4. The molecule has 0 aliphatic carbocycles. The van der Waals surface area contributed by atoms with Crippen LogP contribution in [0.5, 0.6) is 5.75 Å². The molecule has 138 valence electrons. The third kappa shape index (κ3) is 7.01. The number of carbonyl (C=O) groups excluding carboxylic acids is 2. The first-order chi connectivity index (χ1) is 11.8. The maximum atomic E-state index is 12.0. The van der Waals surface area contributed by atoms with E-state index in [-0.39, 0.29) is 6.09 Å². The molecule has 1 N–H and O–H groups in total. The molecule has 0 atom stereocenters. The van der Waals surface area contributed by atoms with Gasteiger partial charge >= 0.3 is 12.2 Å². The number of benzene rings is 1. The molecule has 0 radical (unpaired) electrons. The largest absolute Gasteiger partial charge is 0.444 e. The Bertz CT molecular complexity index is 563. The molecule has 0 unspecified atom stereocenters. The molecule has 0 saturated carbocycles. The van der Waals surface area contributed by atoms with Crippen LogP contribution in [0.2, 0.25) is 0 Å². The number of carbonyl (C=O) groups is 2. The molecule has 1 heterocycles. The molecule has 0 aromatic heterocycles. The average Bonchev–Trinajstić information content (AvgIpc) is 2.55. The fourth-order valence-corrected chi connectivity index (χ4v) is 2.43. The Hall–Kier alpha value is -2.28. The zero-order chi connectivity index (χ0) is 18.3. The molecule has 1 aliphatic heterocycles. The standard InChI is InChI=1S/C18H27N3O4/c1-18(2,3)25-17(23)21-13-11-20(12-14-21)10-9-19-16(22)24-15-7-5-4-6-8-15/h4-8H,9-14H2,1-3H3,(H,19,22). The van der Waals surface area contributed by atoms with Gasteiger partial charge in [0.25, 0.3) is 0 Å². The Labute approximate surface area is 148 Å². The number of hydrogen-bond donors (Lipinski definition) is 1. The molecule has 7 heteroatoms. The van der Waals surface area contributed by atoms with Gasteiger partial charge in [-0.2, -0.15) is 0 Å². The topological polar surface area (TPSA) is 71.1 Å². The fraction of sp³-hybridized carbons (Fsp3) is 0.556. The van der Waals surface area contributed by atoms with Crippen LogP contribution in [0.25, 0.3) is 0 Å². The number of amides is 2. The van der Waals surface area contributed by atoms with E-state index in [1.165, 1.54) is 0 Å². The molecule has 25 heavy (non-hydrogen) atoms. The average molecular weight is 349 g/mol. The van der Waals surface area contributed by atoms with Crippen molar-refractivity contribution in [2.75, 3.05) is 39.3 Å². The molecule has 1 fully saturated rings. The molecule has 1 aromatic rings. The number of ether oxygens (including phenoxy) is 2. The Kier molecular flexibility index (Phi) is 6.64. The summed E-state index contributed by atoms with van der Waals surface area (Å²) in [7, 11) is 0. The van der Waals surface area contributed by atoms with E-state index in [0.717, 1.165) is 13.1 Å². The highest BCUT2D eigenvalue weighted by atomic mass is 16.6. The van der Waals surface area contributed by atoms with Crippen LogP contribution in [0.4, 0.5) is 9.59 Å². The minimum absolute atomic E-state index is 0.267. The second kappa shape index (κ2) is 8.71. The zero-order valence-corrected chi connectivity index (χ0v) is 15.2. The van der Waals surface area contributed by atoms with Crippen LogP contribution >= 0.6 is 0 Å². The number of hydrogen-bond acceptors (Lipinski definition) is 5. The van der Waals surface area contributed by atoms with E-state index < -0.39 is 11.7 Å². The molecular formula is C18H27N3O4. The van der Waals surface area contributed by atoms with Gasteiger partial charge in [-0.05, 0) is 32.9 Å². The second-order valence-corrected chi connectivity index (χ2v) is 6.94. The molecule has 0 spiro atoms. The highest BCUT2D eigenvalue weighted by molar-refractivity contribution is 5.70. The van der Waals surface area contributed by atoms with Gasteiger partial charge in [0.1, 0.15) is 11.4 Å². The monoisotopic (exact) mass is 349 g/mol. The molecule has 1 aromatic carbocycles. The van der Waals surface area contributed by atoms with Crippen LogP contribution in [0.15, 0.2) is 30.3 Å². The smallest absolute Gasteiger partial charge is 0.412 e. The normalized spacial score (nSPS) is 15.6. The molecule has 7 nitrogen and oxygen atoms in total. The van der Waals surface area contributed by atoms with E-state index in [0.29, 0.717) is 31.9 Å². The SMILES string of the molecule is CC(C)(C)OC(=O)N1CCN(CCNC(=O)Oc2ccccc2)CC1. The predicted molar refractivity (Wildman–Crippen MR) is 94.7 cm³/mol. The summed E-state index contributed by atoms with van der Waals surface area (Å²) >= 11 is 0. The van der Waals surface area contributed by atoms with Crippen molar-refractivity contribution in [1.82, 2.24) is 15.1 Å². The fourth-order valence-electron chi connectivity index (χ4n) is 2.43. The van der Waals surface area contributed by atoms with E-state index in [2.05, 4.69) is 10.2 Å². The Morgan fingerprint density at radius 3 is 2.32 bits per heavy atom. The van der Waals surface area contributed by atoms with Crippen molar-refractivity contribution in [3.8, 4) is 5.75 Å². The summed E-state index contributed by atoms with van der Waals surface area (Å²) in [6.07, 6.45) is -0.727. The van der Waals surface area contributed by atoms with Gasteiger partial charge in [-0.3, -0.25) is 4.90 Å². The van der Waals surface area contributed by atoms with Gasteiger partial charge in [0.15, 0.2) is 0 Å². The van der Waals surface area contributed by atoms with Crippen molar-refractivity contribution >= 4 is 12.2 Å². The van der Waals surface area contributed by atoms with E-state index in [4.69, 9.17) is 9.47 Å². The predicted octanol–water partition coefficient (Wildman–Crippen LogP) is 2.33. The first-order valence-corrected chi connectivity index (χ1v) is 8.54. The quantitative estimate of drug-likeness (QED) is 0.903. The van der Waals surface area contributed by atoms with E-state index in [9.17, 15) is 9.59 Å². The van der Waals surface area contributed by atoms with Crippen LogP contribution in [0, 0.1) is 0 Å². The Morgan fingerprint density at radius 1 is 1.08 bits per heavy atom. The lowest BCUT2D eigenvalue weighted by atomic mass is 10.2. The van der Waals surface area contributed by atoms with Gasteiger partial charge in [0.2, 0.25) is 0 Å². The van der Waals surface area contributed by atoms with Crippen LogP contribution in [0.1, 0.15) is 20.8 Å². The minimum atomic E-state index is -0.475. The molecule has 1 aliphatic rings. The lowest BCUT2D eigenvalue weighted by Gasteiger charge is -2.35. The number of piperazine rings is 1. The summed E-state index contributed by atoms with van der Waals surface area (Å²) in [4.78, 5) is 27.6. The summed E-state index contributed by atoms with van der Waals surface area (Å²) in [6, 6.07) is 8.95.